The van der Waals surface area contributed by atoms with E-state index in [1.807, 2.05) is 6.92 Å². The van der Waals surface area contributed by atoms with E-state index in [9.17, 15) is 9.59 Å². The molecule has 1 heterocycles. The van der Waals surface area contributed by atoms with E-state index in [0.29, 0.717) is 17.7 Å². The van der Waals surface area contributed by atoms with Crippen LogP contribution in [-0.4, -0.2) is 33.8 Å². The van der Waals surface area contributed by atoms with Crippen LogP contribution in [0.1, 0.15) is 33.3 Å². The number of hydrogen-bond donors (Lipinski definition) is 1. The lowest BCUT2D eigenvalue weighted by Crippen LogP contribution is -2.26. The number of aromatic nitrogens is 2. The molecule has 0 radical (unpaired) electrons. The molecule has 0 unspecified atom stereocenters. The average molecular weight is 287 g/mol. The summed E-state index contributed by atoms with van der Waals surface area (Å²) in [5.74, 6) is -1.15. The summed E-state index contributed by atoms with van der Waals surface area (Å²) < 4.78 is 1.62. The van der Waals surface area contributed by atoms with E-state index < -0.39 is 5.97 Å². The van der Waals surface area contributed by atoms with Crippen LogP contribution < -0.4 is 4.90 Å². The minimum absolute atomic E-state index is 0.164. The van der Waals surface area contributed by atoms with Crippen molar-refractivity contribution in [2.24, 2.45) is 7.05 Å². The second-order valence-corrected chi connectivity index (χ2v) is 4.73. The molecule has 0 bridgehead atoms. The molecule has 0 spiro atoms. The molecule has 0 aliphatic heterocycles. The van der Waals surface area contributed by atoms with E-state index in [0.717, 1.165) is 5.69 Å². The van der Waals surface area contributed by atoms with Crippen LogP contribution in [0.25, 0.3) is 0 Å². The zero-order valence-corrected chi connectivity index (χ0v) is 12.2. The summed E-state index contributed by atoms with van der Waals surface area (Å²) in [5.41, 5.74) is 2.13. The van der Waals surface area contributed by atoms with Crippen molar-refractivity contribution in [2.45, 2.75) is 13.3 Å². The zero-order valence-electron chi connectivity index (χ0n) is 12.2. The van der Waals surface area contributed by atoms with Crippen LogP contribution in [-0.2, 0) is 13.5 Å². The molecule has 21 heavy (non-hydrogen) atoms. The highest BCUT2D eigenvalue weighted by Gasteiger charge is 2.19. The maximum atomic E-state index is 12.5. The van der Waals surface area contributed by atoms with Crippen molar-refractivity contribution in [3.05, 3.63) is 47.3 Å². The van der Waals surface area contributed by atoms with Crippen LogP contribution in [0.15, 0.2) is 30.5 Å². The Morgan fingerprint density at radius 2 is 1.90 bits per heavy atom. The minimum Gasteiger partial charge on any atom is -0.478 e. The lowest BCUT2D eigenvalue weighted by Gasteiger charge is -2.17. The molecule has 0 atom stereocenters. The highest BCUT2D eigenvalue weighted by Crippen LogP contribution is 2.18. The lowest BCUT2D eigenvalue weighted by atomic mass is 10.1. The molecule has 1 amide bonds. The second-order valence-electron chi connectivity index (χ2n) is 4.73. The number of carbonyl (C=O) groups excluding carboxylic acids is 1. The van der Waals surface area contributed by atoms with Crippen LogP contribution in [0.2, 0.25) is 0 Å². The van der Waals surface area contributed by atoms with Gasteiger partial charge in [0.25, 0.3) is 5.91 Å². The maximum absolute atomic E-state index is 12.5. The summed E-state index contributed by atoms with van der Waals surface area (Å²) in [5, 5.41) is 13.1. The van der Waals surface area contributed by atoms with Crippen LogP contribution in [0, 0.1) is 0 Å². The van der Waals surface area contributed by atoms with Crippen molar-refractivity contribution in [1.82, 2.24) is 9.78 Å². The lowest BCUT2D eigenvalue weighted by molar-refractivity contribution is 0.0696. The number of carboxylic acid groups (broad SMARTS) is 1. The summed E-state index contributed by atoms with van der Waals surface area (Å²) in [6.45, 7) is 1.95. The van der Waals surface area contributed by atoms with Gasteiger partial charge in [-0.15, -0.1) is 0 Å². The number of aryl methyl sites for hydroxylation is 2. The zero-order chi connectivity index (χ0) is 15.6. The Morgan fingerprint density at radius 3 is 2.43 bits per heavy atom. The smallest absolute Gasteiger partial charge is 0.335 e. The molecule has 110 valence electrons. The van der Waals surface area contributed by atoms with Crippen LogP contribution in [0.3, 0.4) is 0 Å². The van der Waals surface area contributed by atoms with Gasteiger partial charge in [-0.05, 0) is 30.7 Å². The predicted octanol–water partition coefficient (Wildman–Crippen LogP) is 1.96. The van der Waals surface area contributed by atoms with Crippen LogP contribution in [0.5, 0.6) is 0 Å². The number of aromatic carboxylic acids is 1. The van der Waals surface area contributed by atoms with Gasteiger partial charge < -0.3 is 10.0 Å². The number of carbonyl (C=O) groups is 2. The standard InChI is InChI=1S/C15H17N3O3/c1-4-13-12(9-17(2)16-13)14(19)18(3)11-7-5-10(6-8-11)15(20)21/h5-9H,4H2,1-3H3,(H,20,21). The van der Waals surface area contributed by atoms with Crippen LogP contribution >= 0.6 is 0 Å². The topological polar surface area (TPSA) is 75.4 Å². The Morgan fingerprint density at radius 1 is 1.29 bits per heavy atom. The second kappa shape index (κ2) is 5.78. The Bertz CT molecular complexity index is 674. The molecular weight excluding hydrogens is 270 g/mol. The Kier molecular flexibility index (Phi) is 4.07. The number of anilines is 1. The normalized spacial score (nSPS) is 10.4. The number of carboxylic acids is 1. The first-order valence-corrected chi connectivity index (χ1v) is 6.58. The molecule has 0 saturated heterocycles. The van der Waals surface area contributed by atoms with Gasteiger partial charge in [0.1, 0.15) is 0 Å². The molecule has 6 nitrogen and oxygen atoms in total. The summed E-state index contributed by atoms with van der Waals surface area (Å²) in [4.78, 5) is 24.8. The van der Waals surface area contributed by atoms with Gasteiger partial charge >= 0.3 is 5.97 Å². The molecule has 1 aromatic heterocycles. The molecular formula is C15H17N3O3. The Labute approximate surface area is 122 Å². The first kappa shape index (κ1) is 14.8. The monoisotopic (exact) mass is 287 g/mol. The predicted molar refractivity (Wildman–Crippen MR) is 78.7 cm³/mol. The van der Waals surface area contributed by atoms with E-state index in [2.05, 4.69) is 5.10 Å². The van der Waals surface area contributed by atoms with Crippen molar-refractivity contribution >= 4 is 17.6 Å². The summed E-state index contributed by atoms with van der Waals surface area (Å²) in [6, 6.07) is 6.18. The van der Waals surface area contributed by atoms with Gasteiger partial charge in [-0.25, -0.2) is 4.79 Å². The minimum atomic E-state index is -0.990. The van der Waals surface area contributed by atoms with E-state index in [4.69, 9.17) is 5.11 Å². The fourth-order valence-electron chi connectivity index (χ4n) is 2.10. The summed E-state index contributed by atoms with van der Waals surface area (Å²) in [6.07, 6.45) is 2.37. The first-order valence-electron chi connectivity index (χ1n) is 6.58. The van der Waals surface area contributed by atoms with Crippen molar-refractivity contribution in [1.29, 1.82) is 0 Å². The molecule has 0 saturated carbocycles. The number of hydrogen-bond acceptors (Lipinski definition) is 3. The van der Waals surface area contributed by atoms with Gasteiger partial charge in [0, 0.05) is 26.0 Å². The number of amides is 1. The summed E-state index contributed by atoms with van der Waals surface area (Å²) >= 11 is 0. The molecule has 1 N–H and O–H groups in total. The largest absolute Gasteiger partial charge is 0.478 e. The SMILES string of the molecule is CCc1nn(C)cc1C(=O)N(C)c1ccc(C(=O)O)cc1. The van der Waals surface area contributed by atoms with Crippen molar-refractivity contribution in [2.75, 3.05) is 11.9 Å². The molecule has 0 fully saturated rings. The van der Waals surface area contributed by atoms with Crippen molar-refractivity contribution in [3.63, 3.8) is 0 Å². The molecule has 2 aromatic rings. The molecule has 2 rings (SSSR count). The molecule has 0 aliphatic rings. The quantitative estimate of drug-likeness (QED) is 0.932. The van der Waals surface area contributed by atoms with E-state index in [1.54, 1.807) is 37.1 Å². The van der Waals surface area contributed by atoms with E-state index >= 15 is 0 Å². The van der Waals surface area contributed by atoms with Gasteiger partial charge in [-0.3, -0.25) is 9.48 Å². The molecule has 6 heteroatoms. The third kappa shape index (κ3) is 2.94. The fraction of sp³-hybridized carbons (Fsp3) is 0.267. The van der Waals surface area contributed by atoms with Gasteiger partial charge in [0.15, 0.2) is 0 Å². The Balaban J connectivity index is 2.28. The molecule has 0 aliphatic carbocycles. The Hall–Kier alpha value is -2.63. The van der Waals surface area contributed by atoms with Gasteiger partial charge in [0.2, 0.25) is 0 Å². The summed E-state index contributed by atoms with van der Waals surface area (Å²) in [7, 11) is 3.43. The van der Waals surface area contributed by atoms with Crippen molar-refractivity contribution in [3.8, 4) is 0 Å². The third-order valence-electron chi connectivity index (χ3n) is 3.28. The number of benzene rings is 1. The fourth-order valence-corrected chi connectivity index (χ4v) is 2.10. The number of nitrogens with zero attached hydrogens (tertiary/aromatic N) is 3. The highest BCUT2D eigenvalue weighted by molar-refractivity contribution is 6.06. The van der Waals surface area contributed by atoms with E-state index in [1.165, 1.54) is 17.0 Å². The van der Waals surface area contributed by atoms with Gasteiger partial charge in [-0.1, -0.05) is 6.92 Å². The van der Waals surface area contributed by atoms with Gasteiger partial charge in [-0.2, -0.15) is 5.10 Å². The molecule has 1 aromatic carbocycles. The highest BCUT2D eigenvalue weighted by atomic mass is 16.4. The average Bonchev–Trinajstić information content (AvgIpc) is 2.86. The first-order chi connectivity index (χ1) is 9.93. The van der Waals surface area contributed by atoms with Gasteiger partial charge in [0.05, 0.1) is 16.8 Å². The third-order valence-corrected chi connectivity index (χ3v) is 3.28. The number of rotatable bonds is 4. The van der Waals surface area contributed by atoms with Crippen LogP contribution in [0.4, 0.5) is 5.69 Å². The van der Waals surface area contributed by atoms with E-state index in [-0.39, 0.29) is 11.5 Å². The van der Waals surface area contributed by atoms with Crippen molar-refractivity contribution < 1.29 is 14.7 Å². The maximum Gasteiger partial charge on any atom is 0.335 e.